The fourth-order valence-corrected chi connectivity index (χ4v) is 2.43. The van der Waals surface area contributed by atoms with E-state index in [1.807, 2.05) is 24.1 Å². The van der Waals surface area contributed by atoms with Crippen molar-refractivity contribution in [3.05, 3.63) is 18.0 Å². The van der Waals surface area contributed by atoms with Crippen molar-refractivity contribution in [3.8, 4) is 0 Å². The standard InChI is InChI=1S/C13H19N3O/c1-2-15(10-3-4-10)13(17)12-7-9(14)8-16(12)11-5-6-11/h7-8,10-11H,2-6,14H2,1H3. The summed E-state index contributed by atoms with van der Waals surface area (Å²) in [6.45, 7) is 2.84. The summed E-state index contributed by atoms with van der Waals surface area (Å²) < 4.78 is 2.07. The van der Waals surface area contributed by atoms with Crippen LogP contribution in [0.2, 0.25) is 0 Å². The van der Waals surface area contributed by atoms with E-state index in [2.05, 4.69) is 4.57 Å². The molecule has 17 heavy (non-hydrogen) atoms. The van der Waals surface area contributed by atoms with Gasteiger partial charge in [-0.3, -0.25) is 4.79 Å². The molecule has 0 radical (unpaired) electrons. The second-order valence-corrected chi connectivity index (χ2v) is 5.12. The average molecular weight is 233 g/mol. The molecule has 1 amide bonds. The van der Waals surface area contributed by atoms with Gasteiger partial charge in [-0.15, -0.1) is 0 Å². The van der Waals surface area contributed by atoms with Gasteiger partial charge >= 0.3 is 0 Å². The number of aromatic nitrogens is 1. The second-order valence-electron chi connectivity index (χ2n) is 5.12. The van der Waals surface area contributed by atoms with Crippen LogP contribution in [0.15, 0.2) is 12.3 Å². The van der Waals surface area contributed by atoms with Gasteiger partial charge in [-0.05, 0) is 38.7 Å². The number of nitrogen functional groups attached to an aromatic ring is 1. The van der Waals surface area contributed by atoms with Crippen molar-refractivity contribution in [2.24, 2.45) is 0 Å². The van der Waals surface area contributed by atoms with Crippen LogP contribution in [0.1, 0.15) is 49.1 Å². The summed E-state index contributed by atoms with van der Waals surface area (Å²) in [6.07, 6.45) is 6.55. The number of amides is 1. The van der Waals surface area contributed by atoms with Gasteiger partial charge in [0.2, 0.25) is 0 Å². The van der Waals surface area contributed by atoms with Crippen LogP contribution in [0.3, 0.4) is 0 Å². The molecule has 2 aliphatic carbocycles. The maximum atomic E-state index is 12.5. The highest BCUT2D eigenvalue weighted by Gasteiger charge is 2.35. The fraction of sp³-hybridized carbons (Fsp3) is 0.615. The molecular formula is C13H19N3O. The first-order valence-electron chi connectivity index (χ1n) is 6.49. The zero-order chi connectivity index (χ0) is 12.0. The Hall–Kier alpha value is -1.45. The van der Waals surface area contributed by atoms with E-state index < -0.39 is 0 Å². The minimum Gasteiger partial charge on any atom is -0.397 e. The molecule has 2 aliphatic rings. The van der Waals surface area contributed by atoms with E-state index in [9.17, 15) is 4.79 Å². The molecule has 0 spiro atoms. The summed E-state index contributed by atoms with van der Waals surface area (Å²) in [6, 6.07) is 2.80. The van der Waals surface area contributed by atoms with Crippen LogP contribution in [-0.4, -0.2) is 28.0 Å². The molecule has 2 fully saturated rings. The summed E-state index contributed by atoms with van der Waals surface area (Å²) in [5, 5.41) is 0. The van der Waals surface area contributed by atoms with E-state index >= 15 is 0 Å². The number of carbonyl (C=O) groups excluding carboxylic acids is 1. The highest BCUT2D eigenvalue weighted by Crippen LogP contribution is 2.38. The molecule has 1 heterocycles. The molecular weight excluding hydrogens is 214 g/mol. The number of rotatable bonds is 4. The molecule has 1 aromatic rings. The molecule has 0 aliphatic heterocycles. The number of hydrogen-bond acceptors (Lipinski definition) is 2. The van der Waals surface area contributed by atoms with Crippen molar-refractivity contribution in [2.45, 2.75) is 44.7 Å². The summed E-state index contributed by atoms with van der Waals surface area (Å²) in [5.41, 5.74) is 7.30. The number of hydrogen-bond donors (Lipinski definition) is 1. The lowest BCUT2D eigenvalue weighted by Crippen LogP contribution is -2.34. The quantitative estimate of drug-likeness (QED) is 0.865. The first-order chi connectivity index (χ1) is 8.20. The van der Waals surface area contributed by atoms with Gasteiger partial charge in [0.15, 0.2) is 0 Å². The minimum atomic E-state index is 0.151. The maximum absolute atomic E-state index is 12.5. The predicted molar refractivity (Wildman–Crippen MR) is 66.8 cm³/mol. The third-order valence-corrected chi connectivity index (χ3v) is 3.62. The molecule has 2 N–H and O–H groups in total. The van der Waals surface area contributed by atoms with Gasteiger partial charge in [-0.2, -0.15) is 0 Å². The average Bonchev–Trinajstić information content (AvgIpc) is 3.18. The largest absolute Gasteiger partial charge is 0.397 e. The Morgan fingerprint density at radius 3 is 2.71 bits per heavy atom. The molecule has 4 heteroatoms. The molecule has 3 rings (SSSR count). The summed E-state index contributed by atoms with van der Waals surface area (Å²) >= 11 is 0. The Morgan fingerprint density at radius 2 is 2.18 bits per heavy atom. The maximum Gasteiger partial charge on any atom is 0.270 e. The lowest BCUT2D eigenvalue weighted by molar-refractivity contribution is 0.0741. The van der Waals surface area contributed by atoms with Gasteiger partial charge in [0.1, 0.15) is 5.69 Å². The van der Waals surface area contributed by atoms with Crippen LogP contribution < -0.4 is 5.73 Å². The Labute approximate surface area is 101 Å². The van der Waals surface area contributed by atoms with Gasteiger partial charge in [0, 0.05) is 24.8 Å². The van der Waals surface area contributed by atoms with Gasteiger partial charge in [0.25, 0.3) is 5.91 Å². The topological polar surface area (TPSA) is 51.3 Å². The van der Waals surface area contributed by atoms with Gasteiger partial charge in [0.05, 0.1) is 5.69 Å². The Kier molecular flexibility index (Phi) is 2.38. The molecule has 0 aromatic carbocycles. The first-order valence-corrected chi connectivity index (χ1v) is 6.49. The molecule has 2 saturated carbocycles. The van der Waals surface area contributed by atoms with E-state index in [1.165, 1.54) is 12.8 Å². The Bertz CT molecular complexity index is 444. The van der Waals surface area contributed by atoms with Crippen molar-refractivity contribution in [2.75, 3.05) is 12.3 Å². The predicted octanol–water partition coefficient (Wildman–Crippen LogP) is 2.03. The van der Waals surface area contributed by atoms with Crippen LogP contribution >= 0.6 is 0 Å². The monoisotopic (exact) mass is 233 g/mol. The molecule has 0 bridgehead atoms. The van der Waals surface area contributed by atoms with Crippen LogP contribution in [0.5, 0.6) is 0 Å². The minimum absolute atomic E-state index is 0.151. The summed E-state index contributed by atoms with van der Waals surface area (Å²) in [7, 11) is 0. The van der Waals surface area contributed by atoms with Crippen LogP contribution in [0, 0.1) is 0 Å². The molecule has 1 aromatic heterocycles. The van der Waals surface area contributed by atoms with E-state index in [-0.39, 0.29) is 5.91 Å². The number of anilines is 1. The summed E-state index contributed by atoms with van der Waals surface area (Å²) in [5.74, 6) is 0.151. The normalized spacial score (nSPS) is 19.4. The van der Waals surface area contributed by atoms with E-state index in [1.54, 1.807) is 0 Å². The van der Waals surface area contributed by atoms with Gasteiger partial charge in [-0.1, -0.05) is 0 Å². The van der Waals surface area contributed by atoms with Crippen LogP contribution in [0.4, 0.5) is 5.69 Å². The van der Waals surface area contributed by atoms with Crippen LogP contribution in [-0.2, 0) is 0 Å². The zero-order valence-corrected chi connectivity index (χ0v) is 10.2. The SMILES string of the molecule is CCN(C(=O)c1cc(N)cn1C1CC1)C1CC1. The molecule has 92 valence electrons. The first kappa shape index (κ1) is 10.7. The third kappa shape index (κ3) is 1.92. The van der Waals surface area contributed by atoms with Gasteiger partial charge < -0.3 is 15.2 Å². The lowest BCUT2D eigenvalue weighted by atomic mass is 10.3. The highest BCUT2D eigenvalue weighted by molar-refractivity contribution is 5.94. The molecule has 0 atom stereocenters. The van der Waals surface area contributed by atoms with E-state index in [4.69, 9.17) is 5.73 Å². The third-order valence-electron chi connectivity index (χ3n) is 3.62. The smallest absolute Gasteiger partial charge is 0.270 e. The zero-order valence-electron chi connectivity index (χ0n) is 10.2. The molecule has 4 nitrogen and oxygen atoms in total. The van der Waals surface area contributed by atoms with E-state index in [0.29, 0.717) is 17.8 Å². The van der Waals surface area contributed by atoms with Crippen molar-refractivity contribution in [3.63, 3.8) is 0 Å². The van der Waals surface area contributed by atoms with Crippen molar-refractivity contribution in [1.82, 2.24) is 9.47 Å². The van der Waals surface area contributed by atoms with Crippen LogP contribution in [0.25, 0.3) is 0 Å². The Balaban J connectivity index is 1.88. The fourth-order valence-electron chi connectivity index (χ4n) is 2.43. The molecule has 0 unspecified atom stereocenters. The molecule has 0 saturated heterocycles. The Morgan fingerprint density at radius 1 is 1.47 bits per heavy atom. The lowest BCUT2D eigenvalue weighted by Gasteiger charge is -2.21. The highest BCUT2D eigenvalue weighted by atomic mass is 16.2. The van der Waals surface area contributed by atoms with Crippen molar-refractivity contribution in [1.29, 1.82) is 0 Å². The number of nitrogens with zero attached hydrogens (tertiary/aromatic N) is 2. The second kappa shape index (κ2) is 3.79. The summed E-state index contributed by atoms with van der Waals surface area (Å²) in [4.78, 5) is 14.5. The van der Waals surface area contributed by atoms with Crippen molar-refractivity contribution >= 4 is 11.6 Å². The van der Waals surface area contributed by atoms with Crippen molar-refractivity contribution < 1.29 is 4.79 Å². The van der Waals surface area contributed by atoms with E-state index in [0.717, 1.165) is 25.1 Å². The number of nitrogens with two attached hydrogens (primary N) is 1. The van der Waals surface area contributed by atoms with Gasteiger partial charge in [-0.25, -0.2) is 0 Å². The number of carbonyl (C=O) groups is 1.